The Morgan fingerprint density at radius 1 is 0.962 bits per heavy atom. The van der Waals surface area contributed by atoms with Crippen LogP contribution in [0.5, 0.6) is 0 Å². The van der Waals surface area contributed by atoms with Crippen molar-refractivity contribution in [2.24, 2.45) is 5.92 Å². The number of fused-ring (bicyclic) bond motifs is 1. The summed E-state index contributed by atoms with van der Waals surface area (Å²) >= 11 is 0. The van der Waals surface area contributed by atoms with Crippen LogP contribution in [0.4, 0.5) is 0 Å². The molecule has 1 saturated carbocycles. The highest BCUT2D eigenvalue weighted by molar-refractivity contribution is 5.97. The SMILES string of the molecule is CC1(CC2CCCCC2)CN(Cc2ccccc2)C(=O)c2ccccc21. The molecule has 1 aliphatic carbocycles. The van der Waals surface area contributed by atoms with Crippen LogP contribution in [0.25, 0.3) is 0 Å². The molecule has 0 aromatic heterocycles. The molecule has 2 aliphatic rings. The minimum absolute atomic E-state index is 0.0568. The lowest BCUT2D eigenvalue weighted by molar-refractivity contribution is 0.0639. The highest BCUT2D eigenvalue weighted by Gasteiger charge is 2.40. The summed E-state index contributed by atoms with van der Waals surface area (Å²) in [6, 6.07) is 18.7. The van der Waals surface area contributed by atoms with Crippen molar-refractivity contribution in [2.75, 3.05) is 6.54 Å². The van der Waals surface area contributed by atoms with Crippen LogP contribution in [0.3, 0.4) is 0 Å². The number of benzene rings is 2. The Labute approximate surface area is 157 Å². The lowest BCUT2D eigenvalue weighted by Gasteiger charge is -2.44. The molecule has 2 aromatic rings. The summed E-state index contributed by atoms with van der Waals surface area (Å²) in [5.41, 5.74) is 3.44. The van der Waals surface area contributed by atoms with E-state index in [9.17, 15) is 4.79 Å². The lowest BCUT2D eigenvalue weighted by Crippen LogP contribution is -2.48. The first-order chi connectivity index (χ1) is 12.7. The molecule has 0 radical (unpaired) electrons. The van der Waals surface area contributed by atoms with E-state index in [4.69, 9.17) is 0 Å². The predicted octanol–water partition coefficient (Wildman–Crippen LogP) is 5.57. The van der Waals surface area contributed by atoms with Crippen LogP contribution in [0, 0.1) is 5.92 Å². The largest absolute Gasteiger partial charge is 0.333 e. The second-order valence-corrected chi connectivity index (χ2v) is 8.46. The molecule has 0 bridgehead atoms. The standard InChI is InChI=1S/C24H29NO/c1-24(16-19-10-4-2-5-11-19)18-25(17-20-12-6-3-7-13-20)23(26)21-14-8-9-15-22(21)24/h3,6-9,12-15,19H,2,4-5,10-11,16-18H2,1H3. The van der Waals surface area contributed by atoms with Gasteiger partial charge in [0.1, 0.15) is 0 Å². The lowest BCUT2D eigenvalue weighted by atomic mass is 9.68. The smallest absolute Gasteiger partial charge is 0.254 e. The molecule has 1 unspecified atom stereocenters. The zero-order chi connectivity index (χ0) is 18.0. The molecular formula is C24H29NO. The maximum Gasteiger partial charge on any atom is 0.254 e. The third kappa shape index (κ3) is 3.42. The van der Waals surface area contributed by atoms with Crippen LogP contribution in [-0.4, -0.2) is 17.4 Å². The van der Waals surface area contributed by atoms with Gasteiger partial charge in [-0.15, -0.1) is 0 Å². The van der Waals surface area contributed by atoms with Crippen molar-refractivity contribution in [1.82, 2.24) is 4.90 Å². The van der Waals surface area contributed by atoms with E-state index < -0.39 is 0 Å². The van der Waals surface area contributed by atoms with Crippen LogP contribution in [0.1, 0.15) is 66.9 Å². The Morgan fingerprint density at radius 3 is 2.42 bits per heavy atom. The second-order valence-electron chi connectivity index (χ2n) is 8.46. The van der Waals surface area contributed by atoms with Gasteiger partial charge < -0.3 is 4.90 Å². The monoisotopic (exact) mass is 347 g/mol. The third-order valence-corrected chi connectivity index (χ3v) is 6.31. The van der Waals surface area contributed by atoms with Crippen LogP contribution in [0.2, 0.25) is 0 Å². The Morgan fingerprint density at radius 2 is 1.65 bits per heavy atom. The number of nitrogens with zero attached hydrogens (tertiary/aromatic N) is 1. The van der Waals surface area contributed by atoms with Crippen LogP contribution in [-0.2, 0) is 12.0 Å². The molecule has 4 rings (SSSR count). The molecule has 2 nitrogen and oxygen atoms in total. The molecule has 136 valence electrons. The minimum Gasteiger partial charge on any atom is -0.333 e. The molecule has 26 heavy (non-hydrogen) atoms. The number of amides is 1. The highest BCUT2D eigenvalue weighted by atomic mass is 16.2. The summed E-state index contributed by atoms with van der Waals surface area (Å²) < 4.78 is 0. The second kappa shape index (κ2) is 7.26. The summed E-state index contributed by atoms with van der Waals surface area (Å²) in [5.74, 6) is 0.985. The van der Waals surface area contributed by atoms with E-state index in [1.165, 1.54) is 49.7 Å². The van der Waals surface area contributed by atoms with Crippen molar-refractivity contribution in [3.05, 3.63) is 71.3 Å². The molecule has 0 N–H and O–H groups in total. The van der Waals surface area contributed by atoms with Gasteiger partial charge in [-0.3, -0.25) is 4.79 Å². The molecule has 0 saturated heterocycles. The van der Waals surface area contributed by atoms with Gasteiger partial charge in [-0.1, -0.05) is 87.6 Å². The Balaban J connectivity index is 1.64. The summed E-state index contributed by atoms with van der Waals surface area (Å²) in [6.45, 7) is 3.91. The minimum atomic E-state index is 0.0568. The third-order valence-electron chi connectivity index (χ3n) is 6.31. The quantitative estimate of drug-likeness (QED) is 0.708. The normalized spacial score (nSPS) is 23.7. The fourth-order valence-corrected chi connectivity index (χ4v) is 5.08. The molecule has 2 aromatic carbocycles. The number of carbonyl (C=O) groups excluding carboxylic acids is 1. The average molecular weight is 348 g/mol. The highest BCUT2D eigenvalue weighted by Crippen LogP contribution is 2.42. The average Bonchev–Trinajstić information content (AvgIpc) is 2.68. The first kappa shape index (κ1) is 17.3. The first-order valence-corrected chi connectivity index (χ1v) is 10.1. The zero-order valence-corrected chi connectivity index (χ0v) is 15.8. The number of hydrogen-bond acceptors (Lipinski definition) is 1. The van der Waals surface area contributed by atoms with E-state index in [1.807, 2.05) is 18.2 Å². The van der Waals surface area contributed by atoms with Gasteiger partial charge in [0.2, 0.25) is 0 Å². The van der Waals surface area contributed by atoms with Crippen molar-refractivity contribution in [3.8, 4) is 0 Å². The van der Waals surface area contributed by atoms with Gasteiger partial charge in [0, 0.05) is 24.1 Å². The summed E-state index contributed by atoms with van der Waals surface area (Å²) in [5, 5.41) is 0. The molecular weight excluding hydrogens is 318 g/mol. The van der Waals surface area contributed by atoms with Crippen molar-refractivity contribution in [2.45, 2.75) is 57.4 Å². The van der Waals surface area contributed by atoms with Crippen LogP contribution in [0.15, 0.2) is 54.6 Å². The summed E-state index contributed by atoms with van der Waals surface area (Å²) in [6.07, 6.45) is 8.03. The molecule has 0 spiro atoms. The van der Waals surface area contributed by atoms with E-state index >= 15 is 0 Å². The Bertz CT molecular complexity index is 763. The maximum atomic E-state index is 13.1. The summed E-state index contributed by atoms with van der Waals surface area (Å²) in [4.78, 5) is 15.2. The van der Waals surface area contributed by atoms with Gasteiger partial charge in [-0.25, -0.2) is 0 Å². The van der Waals surface area contributed by atoms with Gasteiger partial charge in [-0.2, -0.15) is 0 Å². The van der Waals surface area contributed by atoms with E-state index in [0.29, 0.717) is 6.54 Å². The summed E-state index contributed by atoms with van der Waals surface area (Å²) in [7, 11) is 0. The molecule has 1 aliphatic heterocycles. The van der Waals surface area contributed by atoms with Gasteiger partial charge >= 0.3 is 0 Å². The number of rotatable bonds is 4. The fourth-order valence-electron chi connectivity index (χ4n) is 5.08. The van der Waals surface area contributed by atoms with Gasteiger partial charge in [-0.05, 0) is 29.5 Å². The van der Waals surface area contributed by atoms with Crippen molar-refractivity contribution in [1.29, 1.82) is 0 Å². The Hall–Kier alpha value is -2.09. The molecule has 1 atom stereocenters. The fraction of sp³-hybridized carbons (Fsp3) is 0.458. The molecule has 1 heterocycles. The molecule has 1 amide bonds. The maximum absolute atomic E-state index is 13.1. The topological polar surface area (TPSA) is 20.3 Å². The first-order valence-electron chi connectivity index (χ1n) is 10.1. The van der Waals surface area contributed by atoms with Crippen molar-refractivity contribution >= 4 is 5.91 Å². The number of carbonyl (C=O) groups is 1. The van der Waals surface area contributed by atoms with Crippen molar-refractivity contribution < 1.29 is 4.79 Å². The van der Waals surface area contributed by atoms with E-state index in [2.05, 4.69) is 48.2 Å². The van der Waals surface area contributed by atoms with Crippen LogP contribution < -0.4 is 0 Å². The zero-order valence-electron chi connectivity index (χ0n) is 15.8. The van der Waals surface area contributed by atoms with E-state index in [0.717, 1.165) is 18.0 Å². The van der Waals surface area contributed by atoms with E-state index in [-0.39, 0.29) is 11.3 Å². The molecule has 1 fully saturated rings. The van der Waals surface area contributed by atoms with Crippen molar-refractivity contribution in [3.63, 3.8) is 0 Å². The number of hydrogen-bond donors (Lipinski definition) is 0. The van der Waals surface area contributed by atoms with Crippen LogP contribution >= 0.6 is 0 Å². The van der Waals surface area contributed by atoms with Gasteiger partial charge in [0.25, 0.3) is 5.91 Å². The predicted molar refractivity (Wildman–Crippen MR) is 106 cm³/mol. The van der Waals surface area contributed by atoms with Gasteiger partial charge in [0.15, 0.2) is 0 Å². The van der Waals surface area contributed by atoms with E-state index in [1.54, 1.807) is 0 Å². The molecule has 2 heteroatoms. The Kier molecular flexibility index (Phi) is 4.84. The van der Waals surface area contributed by atoms with Gasteiger partial charge in [0.05, 0.1) is 0 Å².